The van der Waals surface area contributed by atoms with E-state index in [1.54, 1.807) is 12.1 Å². The zero-order valence-corrected chi connectivity index (χ0v) is 12.2. The number of halogens is 1. The van der Waals surface area contributed by atoms with Crippen molar-refractivity contribution in [1.82, 2.24) is 10.2 Å². The Morgan fingerprint density at radius 1 is 1.50 bits per heavy atom. The van der Waals surface area contributed by atoms with E-state index >= 15 is 0 Å². The molecule has 0 saturated carbocycles. The molecule has 1 fully saturated rings. The Labute approximate surface area is 120 Å². The molecule has 0 aromatic heterocycles. The number of nitrogens with zero attached hydrogens (tertiary/aromatic N) is 1. The lowest BCUT2D eigenvalue weighted by molar-refractivity contribution is 0.117. The summed E-state index contributed by atoms with van der Waals surface area (Å²) in [4.78, 5) is 2.41. The van der Waals surface area contributed by atoms with E-state index < -0.39 is 0 Å². The topological polar surface area (TPSA) is 35.5 Å². The molecule has 3 nitrogen and oxygen atoms in total. The maximum Gasteiger partial charge on any atom is 0.123 e. The fraction of sp³-hybridized carbons (Fsp3) is 0.625. The van der Waals surface area contributed by atoms with Gasteiger partial charge in [0.25, 0.3) is 0 Å². The molecule has 20 heavy (non-hydrogen) atoms. The quantitative estimate of drug-likeness (QED) is 0.838. The van der Waals surface area contributed by atoms with Crippen LogP contribution < -0.4 is 5.32 Å². The fourth-order valence-corrected chi connectivity index (χ4v) is 3.02. The summed E-state index contributed by atoms with van der Waals surface area (Å²) in [5, 5.41) is 12.5. The summed E-state index contributed by atoms with van der Waals surface area (Å²) < 4.78 is 13.3. The van der Waals surface area contributed by atoms with Crippen LogP contribution >= 0.6 is 0 Å². The van der Waals surface area contributed by atoms with Gasteiger partial charge in [-0.15, -0.1) is 0 Å². The Morgan fingerprint density at radius 3 is 3.05 bits per heavy atom. The molecule has 0 bridgehead atoms. The molecular formula is C16H25FN2O. The van der Waals surface area contributed by atoms with Crippen molar-refractivity contribution in [2.24, 2.45) is 5.92 Å². The van der Waals surface area contributed by atoms with Crippen LogP contribution in [0.5, 0.6) is 0 Å². The zero-order chi connectivity index (χ0) is 14.4. The van der Waals surface area contributed by atoms with E-state index in [-0.39, 0.29) is 18.5 Å². The Hall–Kier alpha value is -0.970. The van der Waals surface area contributed by atoms with E-state index in [0.717, 1.165) is 44.5 Å². The van der Waals surface area contributed by atoms with Gasteiger partial charge in [-0.3, -0.25) is 0 Å². The summed E-state index contributed by atoms with van der Waals surface area (Å²) >= 11 is 0. The molecule has 1 aliphatic rings. The second kappa shape index (κ2) is 7.72. The van der Waals surface area contributed by atoms with Gasteiger partial charge in [0.1, 0.15) is 5.82 Å². The van der Waals surface area contributed by atoms with Crippen molar-refractivity contribution in [3.05, 3.63) is 35.6 Å². The Bertz CT molecular complexity index is 413. The second-order valence-electron chi connectivity index (χ2n) is 5.68. The van der Waals surface area contributed by atoms with Crippen LogP contribution in [0.15, 0.2) is 24.3 Å². The lowest BCUT2D eigenvalue weighted by atomic mass is 9.98. The van der Waals surface area contributed by atoms with Gasteiger partial charge in [-0.1, -0.05) is 12.1 Å². The first kappa shape index (κ1) is 15.4. The Kier molecular flexibility index (Phi) is 5.95. The molecule has 2 N–H and O–H groups in total. The average Bonchev–Trinajstić information content (AvgIpc) is 2.48. The third kappa shape index (κ3) is 4.27. The van der Waals surface area contributed by atoms with Crippen molar-refractivity contribution in [3.63, 3.8) is 0 Å². The number of likely N-dealkylation sites (tertiary alicyclic amines) is 1. The number of rotatable bonds is 6. The highest BCUT2D eigenvalue weighted by molar-refractivity contribution is 5.20. The molecule has 1 aromatic rings. The van der Waals surface area contributed by atoms with Crippen molar-refractivity contribution >= 4 is 0 Å². The molecule has 1 heterocycles. The zero-order valence-electron chi connectivity index (χ0n) is 12.2. The maximum atomic E-state index is 13.3. The highest BCUT2D eigenvalue weighted by atomic mass is 19.1. The fourth-order valence-electron chi connectivity index (χ4n) is 3.02. The summed E-state index contributed by atoms with van der Waals surface area (Å²) in [6.45, 7) is 3.36. The Balaban J connectivity index is 1.87. The average molecular weight is 280 g/mol. The van der Waals surface area contributed by atoms with Crippen LogP contribution in [-0.4, -0.2) is 43.3 Å². The van der Waals surface area contributed by atoms with E-state index in [1.807, 2.05) is 13.1 Å². The van der Waals surface area contributed by atoms with Gasteiger partial charge in [-0.05, 0) is 63.0 Å². The van der Waals surface area contributed by atoms with Crippen LogP contribution in [-0.2, 0) is 0 Å². The number of aliphatic hydroxyl groups is 1. The van der Waals surface area contributed by atoms with Gasteiger partial charge in [-0.2, -0.15) is 0 Å². The monoisotopic (exact) mass is 280 g/mol. The lowest BCUT2D eigenvalue weighted by Gasteiger charge is -2.32. The molecule has 1 aliphatic heterocycles. The van der Waals surface area contributed by atoms with Gasteiger partial charge in [0, 0.05) is 19.2 Å². The third-order valence-electron chi connectivity index (χ3n) is 4.19. The van der Waals surface area contributed by atoms with Gasteiger partial charge < -0.3 is 15.3 Å². The highest BCUT2D eigenvalue weighted by Crippen LogP contribution is 2.20. The van der Waals surface area contributed by atoms with E-state index in [0.29, 0.717) is 5.92 Å². The molecule has 1 saturated heterocycles. The standard InChI is InChI=1S/C16H25FN2O/c1-18-16(14-5-2-6-15(17)10-14)7-9-19-8-3-4-13(11-19)12-20/h2,5-6,10,13,16,18,20H,3-4,7-9,11-12H2,1H3. The molecule has 0 aliphatic carbocycles. The summed E-state index contributed by atoms with van der Waals surface area (Å²) in [6.07, 6.45) is 3.25. The van der Waals surface area contributed by atoms with Crippen molar-refractivity contribution in [3.8, 4) is 0 Å². The van der Waals surface area contributed by atoms with Gasteiger partial charge in [0.15, 0.2) is 0 Å². The minimum atomic E-state index is -0.180. The van der Waals surface area contributed by atoms with Crippen LogP contribution in [0.3, 0.4) is 0 Å². The van der Waals surface area contributed by atoms with Crippen LogP contribution in [0.25, 0.3) is 0 Å². The van der Waals surface area contributed by atoms with Gasteiger partial charge in [0.05, 0.1) is 0 Å². The molecule has 0 amide bonds. The van der Waals surface area contributed by atoms with E-state index in [4.69, 9.17) is 0 Å². The molecule has 1 aromatic carbocycles. The molecule has 2 rings (SSSR count). The first-order valence-corrected chi connectivity index (χ1v) is 7.49. The van der Waals surface area contributed by atoms with Crippen molar-refractivity contribution < 1.29 is 9.50 Å². The van der Waals surface area contributed by atoms with E-state index in [1.165, 1.54) is 6.07 Å². The van der Waals surface area contributed by atoms with Gasteiger partial charge >= 0.3 is 0 Å². The summed E-state index contributed by atoms with van der Waals surface area (Å²) in [5.74, 6) is 0.243. The summed E-state index contributed by atoms with van der Waals surface area (Å²) in [6, 6.07) is 7.00. The van der Waals surface area contributed by atoms with Crippen LogP contribution in [0.2, 0.25) is 0 Å². The predicted octanol–water partition coefficient (Wildman–Crippen LogP) is 2.18. The molecule has 4 heteroatoms. The van der Waals surface area contributed by atoms with Crippen LogP contribution in [0.4, 0.5) is 4.39 Å². The van der Waals surface area contributed by atoms with Crippen LogP contribution in [0, 0.1) is 11.7 Å². The highest BCUT2D eigenvalue weighted by Gasteiger charge is 2.20. The first-order valence-electron chi connectivity index (χ1n) is 7.49. The molecule has 0 radical (unpaired) electrons. The largest absolute Gasteiger partial charge is 0.396 e. The summed E-state index contributed by atoms with van der Waals surface area (Å²) in [5.41, 5.74) is 1.00. The smallest absolute Gasteiger partial charge is 0.123 e. The second-order valence-corrected chi connectivity index (χ2v) is 5.68. The van der Waals surface area contributed by atoms with Crippen molar-refractivity contribution in [2.45, 2.75) is 25.3 Å². The minimum Gasteiger partial charge on any atom is -0.396 e. The number of benzene rings is 1. The van der Waals surface area contributed by atoms with Gasteiger partial charge in [-0.25, -0.2) is 4.39 Å². The maximum absolute atomic E-state index is 13.3. The number of hydrogen-bond acceptors (Lipinski definition) is 3. The number of aliphatic hydroxyl groups excluding tert-OH is 1. The number of nitrogens with one attached hydrogen (secondary N) is 1. The van der Waals surface area contributed by atoms with Crippen molar-refractivity contribution in [1.29, 1.82) is 0 Å². The van der Waals surface area contributed by atoms with E-state index in [9.17, 15) is 9.50 Å². The minimum absolute atomic E-state index is 0.180. The van der Waals surface area contributed by atoms with Gasteiger partial charge in [0.2, 0.25) is 0 Å². The predicted molar refractivity (Wildman–Crippen MR) is 79.1 cm³/mol. The van der Waals surface area contributed by atoms with Crippen molar-refractivity contribution in [2.75, 3.05) is 33.3 Å². The SMILES string of the molecule is CNC(CCN1CCCC(CO)C1)c1cccc(F)c1. The summed E-state index contributed by atoms with van der Waals surface area (Å²) in [7, 11) is 1.92. The third-order valence-corrected chi connectivity index (χ3v) is 4.19. The molecule has 2 unspecified atom stereocenters. The number of piperidine rings is 1. The molecule has 112 valence electrons. The molecule has 0 spiro atoms. The molecular weight excluding hydrogens is 255 g/mol. The first-order chi connectivity index (χ1) is 9.72. The normalized spacial score (nSPS) is 21.9. The molecule has 2 atom stereocenters. The Morgan fingerprint density at radius 2 is 2.35 bits per heavy atom. The number of hydrogen-bond donors (Lipinski definition) is 2. The van der Waals surface area contributed by atoms with Crippen LogP contribution in [0.1, 0.15) is 30.9 Å². The van der Waals surface area contributed by atoms with E-state index in [2.05, 4.69) is 10.2 Å². The lowest BCUT2D eigenvalue weighted by Crippen LogP contribution is -2.38.